The van der Waals surface area contributed by atoms with Gasteiger partial charge in [-0.05, 0) is 101 Å². The summed E-state index contributed by atoms with van der Waals surface area (Å²) in [7, 11) is 9.87. The van der Waals surface area contributed by atoms with E-state index in [0.29, 0.717) is 6.42 Å². The molecular formula is C62H111N11O12. The maximum atomic E-state index is 15.1. The van der Waals surface area contributed by atoms with Crippen LogP contribution in [0.5, 0.6) is 0 Å². The van der Waals surface area contributed by atoms with Gasteiger partial charge in [0.2, 0.25) is 65.0 Å². The Hall–Kier alpha value is -6.13. The van der Waals surface area contributed by atoms with Crippen LogP contribution in [0.4, 0.5) is 0 Å². The van der Waals surface area contributed by atoms with E-state index < -0.39 is 156 Å². The molecule has 12 atom stereocenters. The minimum Gasteiger partial charge on any atom is -0.390 e. The third kappa shape index (κ3) is 21.7. The van der Waals surface area contributed by atoms with Crippen LogP contribution in [0.3, 0.4) is 0 Å². The van der Waals surface area contributed by atoms with Gasteiger partial charge in [0.15, 0.2) is 0 Å². The van der Waals surface area contributed by atoms with Gasteiger partial charge in [-0.25, -0.2) is 0 Å². The van der Waals surface area contributed by atoms with Crippen LogP contribution in [-0.2, 0) is 52.7 Å². The number of carbonyl (C=O) groups is 11. The lowest BCUT2D eigenvalue weighted by molar-refractivity contribution is -0.157. The maximum absolute atomic E-state index is 15.1. The summed E-state index contributed by atoms with van der Waals surface area (Å²) < 4.78 is 0. The molecule has 85 heavy (non-hydrogen) atoms. The molecule has 1 rings (SSSR count). The van der Waals surface area contributed by atoms with Gasteiger partial charge in [0.05, 0.1) is 12.6 Å². The van der Waals surface area contributed by atoms with E-state index in [1.807, 2.05) is 55.4 Å². The first-order chi connectivity index (χ1) is 39.2. The quantitative estimate of drug-likeness (QED) is 0.148. The highest BCUT2D eigenvalue weighted by molar-refractivity contribution is 5.99. The summed E-state index contributed by atoms with van der Waals surface area (Å²) in [6, 6.07) is -12.3. The molecule has 1 fully saturated rings. The van der Waals surface area contributed by atoms with Gasteiger partial charge in [0.1, 0.15) is 60.4 Å². The highest BCUT2D eigenvalue weighted by Crippen LogP contribution is 2.25. The third-order valence-electron chi connectivity index (χ3n) is 16.2. The van der Waals surface area contributed by atoms with Gasteiger partial charge in [0.25, 0.3) is 0 Å². The first-order valence-corrected chi connectivity index (χ1v) is 30.6. The Bertz CT molecular complexity index is 2330. The van der Waals surface area contributed by atoms with Gasteiger partial charge in [0, 0.05) is 49.3 Å². The van der Waals surface area contributed by atoms with Gasteiger partial charge in [-0.1, -0.05) is 109 Å². The molecule has 23 heteroatoms. The molecule has 0 aromatic rings. The zero-order valence-corrected chi connectivity index (χ0v) is 56.1. The van der Waals surface area contributed by atoms with E-state index in [1.54, 1.807) is 60.6 Å². The minimum absolute atomic E-state index is 0.0228. The molecule has 0 radical (unpaired) electrons. The molecule has 0 saturated carbocycles. The van der Waals surface area contributed by atoms with Crippen molar-refractivity contribution in [3.63, 3.8) is 0 Å². The second kappa shape index (κ2) is 34.9. The Labute approximate surface area is 508 Å². The summed E-state index contributed by atoms with van der Waals surface area (Å²) in [5, 5.41) is 23.2. The standard InChI is InChI=1S/C62H111N11O12/c1-25-27-28-40(15)52(75)51-56(79)64-43(26-2)58(81)67(18)33-48(74)68(19)42(17)53(76)66-49(38(11)12)61(84)69(20)45(30-35(5)6)55(78)65-44(29-34(3)4)54(77)63-41(16)57(80)70(21)46(31-36(7)8)59(82)71(22)47(32-37(9)10)60(83)72(23)50(39(13)14)62(85)73(51)24/h25,27,34-47,49-52,75H,26,28-33H2,1-24H3,(H,63,77)(H,64,79)(H,65,78)(H,66,76)/b27-25+/t40-,41-,42-,43+,44+,45+,46+,47+,49+,50+,51+,52-/m1/s1. The van der Waals surface area contributed by atoms with Crippen molar-refractivity contribution in [1.82, 2.24) is 55.6 Å². The van der Waals surface area contributed by atoms with Crippen LogP contribution in [-0.4, -0.2) is 227 Å². The van der Waals surface area contributed by atoms with Crippen molar-refractivity contribution in [2.24, 2.45) is 41.4 Å². The summed E-state index contributed by atoms with van der Waals surface area (Å²) >= 11 is 0. The lowest BCUT2D eigenvalue weighted by Crippen LogP contribution is -2.63. The van der Waals surface area contributed by atoms with Crippen LogP contribution in [0.25, 0.3) is 0 Å². The van der Waals surface area contributed by atoms with Crippen LogP contribution in [0.15, 0.2) is 12.2 Å². The molecular weight excluding hydrogens is 1090 g/mol. The Balaban J connectivity index is 4.32. The highest BCUT2D eigenvalue weighted by atomic mass is 16.3. The fourth-order valence-electron chi connectivity index (χ4n) is 10.6. The predicted octanol–water partition coefficient (Wildman–Crippen LogP) is 3.27. The molecule has 1 saturated heterocycles. The smallest absolute Gasteiger partial charge is 0.246 e. The largest absolute Gasteiger partial charge is 0.390 e. The molecule has 486 valence electrons. The molecule has 0 spiro atoms. The van der Waals surface area contributed by atoms with Crippen molar-refractivity contribution >= 4 is 65.0 Å². The predicted molar refractivity (Wildman–Crippen MR) is 328 cm³/mol. The van der Waals surface area contributed by atoms with Crippen molar-refractivity contribution in [3.05, 3.63) is 12.2 Å². The molecule has 0 unspecified atom stereocenters. The minimum atomic E-state index is -1.61. The summed E-state index contributed by atoms with van der Waals surface area (Å²) in [5.41, 5.74) is 0. The van der Waals surface area contributed by atoms with E-state index in [0.717, 1.165) is 14.7 Å². The molecule has 1 aliphatic rings. The van der Waals surface area contributed by atoms with Crippen molar-refractivity contribution in [3.8, 4) is 0 Å². The lowest BCUT2D eigenvalue weighted by atomic mass is 9.91. The molecule has 0 aliphatic carbocycles. The molecule has 1 heterocycles. The molecule has 0 aromatic heterocycles. The van der Waals surface area contributed by atoms with E-state index >= 15 is 14.4 Å². The number of carbonyl (C=O) groups excluding carboxylic acids is 11. The number of hydrogen-bond acceptors (Lipinski definition) is 12. The van der Waals surface area contributed by atoms with E-state index in [9.17, 15) is 43.5 Å². The van der Waals surface area contributed by atoms with Crippen LogP contribution in [0.1, 0.15) is 156 Å². The molecule has 11 amide bonds. The molecule has 0 bridgehead atoms. The number of rotatable bonds is 15. The number of allylic oxidation sites excluding steroid dienone is 2. The summed E-state index contributed by atoms with van der Waals surface area (Å²) in [5.74, 6) is -9.71. The number of nitrogens with one attached hydrogen (secondary N) is 4. The third-order valence-corrected chi connectivity index (χ3v) is 16.2. The van der Waals surface area contributed by atoms with Gasteiger partial charge < -0.3 is 60.7 Å². The summed E-state index contributed by atoms with van der Waals surface area (Å²) in [6.07, 6.45) is 3.03. The van der Waals surface area contributed by atoms with E-state index in [1.165, 1.54) is 82.8 Å². The average molecular weight is 1200 g/mol. The number of aliphatic hydroxyl groups excluding tert-OH is 1. The van der Waals surface area contributed by atoms with Gasteiger partial charge in [-0.3, -0.25) is 52.7 Å². The van der Waals surface area contributed by atoms with Crippen molar-refractivity contribution < 1.29 is 57.8 Å². The summed E-state index contributed by atoms with van der Waals surface area (Å²) in [6.45, 7) is 29.4. The van der Waals surface area contributed by atoms with E-state index in [4.69, 9.17) is 0 Å². The van der Waals surface area contributed by atoms with Gasteiger partial charge in [-0.15, -0.1) is 0 Å². The van der Waals surface area contributed by atoms with Gasteiger partial charge >= 0.3 is 0 Å². The highest BCUT2D eigenvalue weighted by Gasteiger charge is 2.45. The van der Waals surface area contributed by atoms with E-state index in [2.05, 4.69) is 21.3 Å². The van der Waals surface area contributed by atoms with Crippen LogP contribution in [0.2, 0.25) is 0 Å². The van der Waals surface area contributed by atoms with E-state index in [-0.39, 0.29) is 55.8 Å². The Morgan fingerprint density at radius 3 is 1.38 bits per heavy atom. The number of aliphatic hydroxyl groups is 1. The first kappa shape index (κ1) is 76.9. The number of amides is 11. The molecule has 0 aromatic carbocycles. The fraction of sp³-hybridized carbons (Fsp3) is 0.790. The Kier molecular flexibility index (Phi) is 31.5. The second-order valence-corrected chi connectivity index (χ2v) is 26.1. The Morgan fingerprint density at radius 2 is 0.918 bits per heavy atom. The SMILES string of the molecule is C/C=C/C[C@@H](C)[C@@H](O)[C@H]1C(=O)N[C@@H](CC)C(=O)N(C)CC(=O)N(C)[C@H](C)C(=O)N[C@@H](C(C)C)C(=O)N(C)[C@@H](CC(C)C)C(=O)N[C@@H](CC(C)C)C(=O)N[C@H](C)C(=O)N(C)[C@@H](CC(C)C)C(=O)N(C)[C@@H](CC(C)C)C(=O)N(C)[C@@H](C(C)C)C(=O)N1C. The normalized spacial score (nSPS) is 26.9. The monoisotopic (exact) mass is 1200 g/mol. The van der Waals surface area contributed by atoms with Crippen LogP contribution in [0, 0.1) is 41.4 Å². The maximum Gasteiger partial charge on any atom is 0.246 e. The summed E-state index contributed by atoms with van der Waals surface area (Å²) in [4.78, 5) is 168. The number of likely N-dealkylation sites (N-methyl/N-ethyl adjacent to an activating group) is 7. The fourth-order valence-corrected chi connectivity index (χ4v) is 10.6. The van der Waals surface area contributed by atoms with Crippen LogP contribution >= 0.6 is 0 Å². The molecule has 1 aliphatic heterocycles. The topological polar surface area (TPSA) is 279 Å². The number of hydrogen-bond donors (Lipinski definition) is 5. The molecule has 23 nitrogen and oxygen atoms in total. The van der Waals surface area contributed by atoms with Crippen molar-refractivity contribution in [2.75, 3.05) is 55.9 Å². The lowest BCUT2D eigenvalue weighted by Gasteiger charge is -2.41. The van der Waals surface area contributed by atoms with Crippen molar-refractivity contribution in [2.45, 2.75) is 223 Å². The first-order valence-electron chi connectivity index (χ1n) is 30.6. The number of nitrogens with zero attached hydrogens (tertiary/aromatic N) is 7. The Morgan fingerprint density at radius 1 is 0.471 bits per heavy atom. The molecule has 5 N–H and O–H groups in total. The zero-order chi connectivity index (χ0) is 66.0. The second-order valence-electron chi connectivity index (χ2n) is 26.1. The van der Waals surface area contributed by atoms with Gasteiger partial charge in [-0.2, -0.15) is 0 Å². The average Bonchev–Trinajstić information content (AvgIpc) is 3.59. The zero-order valence-electron chi connectivity index (χ0n) is 56.1. The van der Waals surface area contributed by atoms with Crippen molar-refractivity contribution in [1.29, 1.82) is 0 Å². The van der Waals surface area contributed by atoms with Crippen LogP contribution < -0.4 is 21.3 Å².